The number of hydrogen-bond donors (Lipinski definition) is 0. The molecule has 1 aromatic carbocycles. The first kappa shape index (κ1) is 14.5. The number of rotatable bonds is 4. The Bertz CT molecular complexity index is 534. The van der Waals surface area contributed by atoms with Gasteiger partial charge in [-0.05, 0) is 49.4 Å². The number of fused-ring (bicyclic) bond motifs is 2. The molecule has 0 spiro atoms. The molecule has 0 amide bonds. The van der Waals surface area contributed by atoms with Gasteiger partial charge in [0.25, 0.3) is 0 Å². The summed E-state index contributed by atoms with van der Waals surface area (Å²) in [4.78, 5) is 15.0. The van der Waals surface area contributed by atoms with Gasteiger partial charge in [0.05, 0.1) is 6.04 Å². The summed E-state index contributed by atoms with van der Waals surface area (Å²) in [7, 11) is 2.14. The third kappa shape index (κ3) is 2.82. The van der Waals surface area contributed by atoms with Crippen molar-refractivity contribution < 1.29 is 4.79 Å². The minimum Gasteiger partial charge on any atom is -0.293 e. The Morgan fingerprint density at radius 3 is 2.76 bits per heavy atom. The van der Waals surface area contributed by atoms with Crippen LogP contribution in [0, 0.1) is 5.92 Å². The van der Waals surface area contributed by atoms with E-state index in [0.717, 1.165) is 24.0 Å². The van der Waals surface area contributed by atoms with Gasteiger partial charge >= 0.3 is 0 Å². The van der Waals surface area contributed by atoms with Crippen molar-refractivity contribution in [2.75, 3.05) is 7.05 Å². The van der Waals surface area contributed by atoms with E-state index in [1.807, 2.05) is 18.2 Å². The monoisotopic (exact) mass is 283 g/mol. The van der Waals surface area contributed by atoms with Gasteiger partial charge in [-0.2, -0.15) is 0 Å². The van der Waals surface area contributed by atoms with E-state index in [4.69, 9.17) is 0 Å². The summed E-state index contributed by atoms with van der Waals surface area (Å²) >= 11 is 0. The number of likely N-dealkylation sites (N-methyl/N-ethyl adjacent to an activating group) is 1. The highest BCUT2D eigenvalue weighted by Crippen LogP contribution is 2.41. The van der Waals surface area contributed by atoms with Crippen LogP contribution in [0.2, 0.25) is 0 Å². The predicted octanol–water partition coefficient (Wildman–Crippen LogP) is 3.92. The van der Waals surface area contributed by atoms with Crippen molar-refractivity contribution in [3.63, 3.8) is 0 Å². The summed E-state index contributed by atoms with van der Waals surface area (Å²) in [6.45, 7) is 2.25. The standard InChI is InChI=1S/C19H25NO/c1-3-4-10-15-12-18-19(21)16(13-17(15)20(18)2)11-14-8-6-5-7-9-14/h5-9,11,15,17-18H,3-4,10,12-13H2,1-2H3/b16-11+/t15-,17-,18-/m1/s1. The smallest absolute Gasteiger partial charge is 0.176 e. The second-order valence-corrected chi connectivity index (χ2v) is 6.54. The zero-order valence-electron chi connectivity index (χ0n) is 13.1. The van der Waals surface area contributed by atoms with Crippen LogP contribution in [0.3, 0.4) is 0 Å². The molecule has 3 atom stereocenters. The lowest BCUT2D eigenvalue weighted by atomic mass is 9.90. The van der Waals surface area contributed by atoms with Crippen LogP contribution < -0.4 is 0 Å². The molecular weight excluding hydrogens is 258 g/mol. The molecule has 1 aromatic rings. The molecule has 3 rings (SSSR count). The normalized spacial score (nSPS) is 31.0. The fourth-order valence-electron chi connectivity index (χ4n) is 3.97. The van der Waals surface area contributed by atoms with Gasteiger partial charge in [-0.25, -0.2) is 0 Å². The maximum absolute atomic E-state index is 12.7. The van der Waals surface area contributed by atoms with E-state index in [-0.39, 0.29) is 6.04 Å². The van der Waals surface area contributed by atoms with Gasteiger partial charge in [0.2, 0.25) is 0 Å². The molecule has 0 unspecified atom stereocenters. The minimum atomic E-state index is 0.126. The van der Waals surface area contributed by atoms with Gasteiger partial charge in [0.1, 0.15) is 0 Å². The number of carbonyl (C=O) groups excluding carboxylic acids is 1. The Morgan fingerprint density at radius 2 is 2.05 bits per heavy atom. The lowest BCUT2D eigenvalue weighted by Crippen LogP contribution is -2.44. The van der Waals surface area contributed by atoms with Crippen molar-refractivity contribution in [2.45, 2.75) is 51.1 Å². The number of Topliss-reactive ketones (excluding diaryl/α,β-unsaturated/α-hetero) is 1. The Hall–Kier alpha value is -1.41. The number of nitrogens with zero attached hydrogens (tertiary/aromatic N) is 1. The van der Waals surface area contributed by atoms with E-state index in [9.17, 15) is 4.79 Å². The summed E-state index contributed by atoms with van der Waals surface area (Å²) in [5.41, 5.74) is 2.18. The zero-order valence-corrected chi connectivity index (χ0v) is 13.1. The molecular formula is C19H25NO. The van der Waals surface area contributed by atoms with Crippen LogP contribution in [-0.4, -0.2) is 29.8 Å². The molecule has 112 valence electrons. The maximum Gasteiger partial charge on any atom is 0.176 e. The number of benzene rings is 1. The van der Waals surface area contributed by atoms with Gasteiger partial charge < -0.3 is 0 Å². The first-order valence-corrected chi connectivity index (χ1v) is 8.22. The first-order chi connectivity index (χ1) is 10.2. The summed E-state index contributed by atoms with van der Waals surface area (Å²) in [6.07, 6.45) is 7.90. The fraction of sp³-hybridized carbons (Fsp3) is 0.526. The second-order valence-electron chi connectivity index (χ2n) is 6.54. The van der Waals surface area contributed by atoms with E-state index in [1.54, 1.807) is 0 Å². The summed E-state index contributed by atoms with van der Waals surface area (Å²) < 4.78 is 0. The zero-order chi connectivity index (χ0) is 14.8. The highest BCUT2D eigenvalue weighted by Gasteiger charge is 2.47. The topological polar surface area (TPSA) is 20.3 Å². The summed E-state index contributed by atoms with van der Waals surface area (Å²) in [5, 5.41) is 0. The number of piperidine rings is 1. The third-order valence-corrected chi connectivity index (χ3v) is 5.20. The van der Waals surface area contributed by atoms with Crippen LogP contribution in [0.5, 0.6) is 0 Å². The summed E-state index contributed by atoms with van der Waals surface area (Å²) in [6, 6.07) is 10.9. The van der Waals surface area contributed by atoms with Gasteiger partial charge in [-0.3, -0.25) is 9.69 Å². The SMILES string of the molecule is CCCC[C@@H]1C[C@@H]2C(=O)/C(=C/c3ccccc3)C[C@H]1N2C. The molecule has 2 aliphatic heterocycles. The van der Waals surface area contributed by atoms with E-state index in [1.165, 1.54) is 19.3 Å². The van der Waals surface area contributed by atoms with Crippen molar-refractivity contribution in [1.29, 1.82) is 0 Å². The molecule has 0 saturated carbocycles. The molecule has 2 aliphatic rings. The molecule has 21 heavy (non-hydrogen) atoms. The Labute approximate surface area is 127 Å². The van der Waals surface area contributed by atoms with Crippen LogP contribution in [0.4, 0.5) is 0 Å². The molecule has 2 heteroatoms. The number of carbonyl (C=O) groups is 1. The van der Waals surface area contributed by atoms with Gasteiger partial charge in [-0.1, -0.05) is 50.1 Å². The van der Waals surface area contributed by atoms with Crippen molar-refractivity contribution in [3.8, 4) is 0 Å². The van der Waals surface area contributed by atoms with Crippen LogP contribution in [0.15, 0.2) is 35.9 Å². The van der Waals surface area contributed by atoms with Crippen molar-refractivity contribution in [2.24, 2.45) is 5.92 Å². The van der Waals surface area contributed by atoms with E-state index < -0.39 is 0 Å². The maximum atomic E-state index is 12.7. The van der Waals surface area contributed by atoms with Gasteiger partial charge in [0.15, 0.2) is 5.78 Å². The van der Waals surface area contributed by atoms with E-state index >= 15 is 0 Å². The van der Waals surface area contributed by atoms with E-state index in [2.05, 4.69) is 37.1 Å². The van der Waals surface area contributed by atoms with Crippen molar-refractivity contribution >= 4 is 11.9 Å². The molecule has 2 heterocycles. The molecule has 0 radical (unpaired) electrons. The average molecular weight is 283 g/mol. The highest BCUT2D eigenvalue weighted by molar-refractivity contribution is 6.04. The molecule has 0 aliphatic carbocycles. The Kier molecular flexibility index (Phi) is 4.25. The number of hydrogen-bond acceptors (Lipinski definition) is 2. The molecule has 2 bridgehead atoms. The van der Waals surface area contributed by atoms with Crippen molar-refractivity contribution in [1.82, 2.24) is 4.90 Å². The fourth-order valence-corrected chi connectivity index (χ4v) is 3.97. The molecule has 2 saturated heterocycles. The summed E-state index contributed by atoms with van der Waals surface area (Å²) in [5.74, 6) is 1.06. The largest absolute Gasteiger partial charge is 0.293 e. The lowest BCUT2D eigenvalue weighted by molar-refractivity contribution is -0.121. The minimum absolute atomic E-state index is 0.126. The van der Waals surface area contributed by atoms with Crippen LogP contribution >= 0.6 is 0 Å². The molecule has 2 nitrogen and oxygen atoms in total. The van der Waals surface area contributed by atoms with Gasteiger partial charge in [0, 0.05) is 6.04 Å². The molecule has 0 aromatic heterocycles. The average Bonchev–Trinajstić information content (AvgIpc) is 2.73. The second kappa shape index (κ2) is 6.15. The van der Waals surface area contributed by atoms with E-state index in [0.29, 0.717) is 17.7 Å². The van der Waals surface area contributed by atoms with Crippen LogP contribution in [0.1, 0.15) is 44.6 Å². The van der Waals surface area contributed by atoms with Crippen molar-refractivity contribution in [3.05, 3.63) is 41.5 Å². The Morgan fingerprint density at radius 1 is 1.29 bits per heavy atom. The quantitative estimate of drug-likeness (QED) is 0.781. The number of unbranched alkanes of at least 4 members (excludes halogenated alkanes) is 1. The van der Waals surface area contributed by atoms with Gasteiger partial charge in [-0.15, -0.1) is 0 Å². The Balaban J connectivity index is 1.81. The molecule has 2 fully saturated rings. The predicted molar refractivity (Wildman–Crippen MR) is 87.0 cm³/mol. The third-order valence-electron chi connectivity index (χ3n) is 5.20. The van der Waals surface area contributed by atoms with Crippen LogP contribution in [-0.2, 0) is 4.79 Å². The highest BCUT2D eigenvalue weighted by atomic mass is 16.1. The lowest BCUT2D eigenvalue weighted by Gasteiger charge is -2.33. The number of ketones is 1. The molecule has 0 N–H and O–H groups in total. The first-order valence-electron chi connectivity index (χ1n) is 8.22. The van der Waals surface area contributed by atoms with Crippen LogP contribution in [0.25, 0.3) is 6.08 Å².